The van der Waals surface area contributed by atoms with E-state index in [1.165, 1.54) is 30.0 Å². The number of benzene rings is 2. The highest BCUT2D eigenvalue weighted by atomic mass is 35.5. The van der Waals surface area contributed by atoms with Gasteiger partial charge in [-0.05, 0) is 82.7 Å². The van der Waals surface area contributed by atoms with Crippen LogP contribution in [0.5, 0.6) is 5.75 Å². The van der Waals surface area contributed by atoms with Crippen molar-refractivity contribution >= 4 is 64.2 Å². The third kappa shape index (κ3) is 12.6. The van der Waals surface area contributed by atoms with E-state index in [0.717, 1.165) is 42.2 Å². The van der Waals surface area contributed by atoms with Crippen LogP contribution in [-0.2, 0) is 24.8 Å². The Morgan fingerprint density at radius 3 is 2.32 bits per heavy atom. The Balaban J connectivity index is 1.25. The fourth-order valence-corrected chi connectivity index (χ4v) is 8.11. The number of alkyl carbamates (subject to hydrolysis) is 1. The van der Waals surface area contributed by atoms with Gasteiger partial charge in [0.1, 0.15) is 58.6 Å². The molecule has 1 aliphatic rings. The van der Waals surface area contributed by atoms with Gasteiger partial charge in [0.05, 0.1) is 17.8 Å². The van der Waals surface area contributed by atoms with Gasteiger partial charge in [-0.25, -0.2) is 24.4 Å². The van der Waals surface area contributed by atoms with Gasteiger partial charge < -0.3 is 29.7 Å². The lowest BCUT2D eigenvalue weighted by Gasteiger charge is -2.24. The van der Waals surface area contributed by atoms with E-state index in [9.17, 15) is 19.6 Å². The van der Waals surface area contributed by atoms with Crippen LogP contribution in [-0.4, -0.2) is 71.9 Å². The molecule has 0 aliphatic carbocycles. The molecule has 2 N–H and O–H groups in total. The maximum Gasteiger partial charge on any atom is 0.408 e. The summed E-state index contributed by atoms with van der Waals surface area (Å²) < 4.78 is 16.6. The molecule has 5 rings (SSSR count). The van der Waals surface area contributed by atoms with E-state index in [1.54, 1.807) is 45.0 Å². The number of ether oxygens (including phenoxy) is 3. The second-order valence-electron chi connectivity index (χ2n) is 15.3. The summed E-state index contributed by atoms with van der Waals surface area (Å²) in [5.74, 6) is 0.431. The van der Waals surface area contributed by atoms with Gasteiger partial charge in [0.15, 0.2) is 0 Å². The molecule has 16 heteroatoms. The molecular weight excluding hydrogens is 810 g/mol. The summed E-state index contributed by atoms with van der Waals surface area (Å²) >= 11 is 9.03. The summed E-state index contributed by atoms with van der Waals surface area (Å²) in [7, 11) is 0. The van der Waals surface area contributed by atoms with Crippen molar-refractivity contribution in [1.29, 1.82) is 5.26 Å². The molecule has 2 amide bonds. The van der Waals surface area contributed by atoms with Crippen molar-refractivity contribution < 1.29 is 28.6 Å². The van der Waals surface area contributed by atoms with Crippen LogP contribution >= 0.6 is 34.7 Å². The molecule has 13 nitrogen and oxygen atoms in total. The maximum absolute atomic E-state index is 13.1. The highest BCUT2D eigenvalue weighted by molar-refractivity contribution is 7.98. The summed E-state index contributed by atoms with van der Waals surface area (Å²) in [6.07, 6.45) is 1.57. The average molecular weight is 858 g/mol. The summed E-state index contributed by atoms with van der Waals surface area (Å²) in [4.78, 5) is 53.8. The van der Waals surface area contributed by atoms with Crippen LogP contribution < -0.4 is 20.3 Å². The van der Waals surface area contributed by atoms with Crippen LogP contribution in [0.2, 0.25) is 5.02 Å². The SMILES string of the molecule is [C-]#[N+]c1c(N2CCCC2)nc(SCc2csc(-c3ccc(Cl)cc3)n2)c(C#N)c1-c1ccc(OCCOC(=O)[C@H](CC(C)C)NC(=O)[C@H](C)NC(=O)OC(C)(C)C)cc1. The summed E-state index contributed by atoms with van der Waals surface area (Å²) in [5, 5.41) is 19.7. The number of nitriles is 1. The first-order valence-corrected chi connectivity index (χ1v) is 21.5. The van der Waals surface area contributed by atoms with Gasteiger partial charge in [0, 0.05) is 40.4 Å². The highest BCUT2D eigenvalue weighted by Crippen LogP contribution is 2.45. The number of carbonyl (C=O) groups excluding carboxylic acids is 3. The standard InChI is InChI=1S/C43H48ClN7O6S2/c1-26(2)22-34(49-38(52)27(3)47-42(54)57-43(4,5)6)41(53)56-21-20-55-32-16-12-28(13-17-32)35-33(23-45)40(50-37(36(35)46-7)51-18-8-9-19-51)59-25-31-24-58-39(48-31)29-10-14-30(44)15-11-29/h10-17,24,26-27,34H,8-9,18-22,25H2,1-6H3,(H,47,54)(H,49,52)/t27-,34-/m0/s1. The molecule has 2 aromatic heterocycles. The van der Waals surface area contributed by atoms with E-state index in [2.05, 4.69) is 26.4 Å². The predicted molar refractivity (Wildman–Crippen MR) is 231 cm³/mol. The first-order valence-electron chi connectivity index (χ1n) is 19.3. The lowest BCUT2D eigenvalue weighted by Crippen LogP contribution is -2.51. The Bertz CT molecular complexity index is 2190. The number of esters is 1. The number of pyridine rings is 1. The largest absolute Gasteiger partial charge is 0.490 e. The number of thioether (sulfide) groups is 1. The minimum absolute atomic E-state index is 0.0340. The molecule has 0 unspecified atom stereocenters. The topological polar surface area (TPSA) is 160 Å². The van der Waals surface area contributed by atoms with Gasteiger partial charge >= 0.3 is 12.1 Å². The number of aromatic nitrogens is 2. The van der Waals surface area contributed by atoms with Crippen molar-refractivity contribution in [3.05, 3.63) is 81.6 Å². The van der Waals surface area contributed by atoms with Crippen molar-refractivity contribution in [2.24, 2.45) is 5.92 Å². The van der Waals surface area contributed by atoms with Crippen LogP contribution in [0, 0.1) is 23.8 Å². The average Bonchev–Trinajstić information content (AvgIpc) is 3.91. The minimum Gasteiger partial charge on any atom is -0.490 e. The van der Waals surface area contributed by atoms with E-state index in [4.69, 9.17) is 42.4 Å². The molecule has 1 fully saturated rings. The second kappa shape index (κ2) is 20.6. The van der Waals surface area contributed by atoms with Crippen molar-refractivity contribution in [2.45, 2.75) is 89.3 Å². The number of thiazole rings is 1. The quantitative estimate of drug-likeness (QED) is 0.0479. The summed E-state index contributed by atoms with van der Waals surface area (Å²) in [6.45, 7) is 20.2. The van der Waals surface area contributed by atoms with Gasteiger partial charge in [-0.1, -0.05) is 61.5 Å². The monoisotopic (exact) mass is 857 g/mol. The number of anilines is 1. The van der Waals surface area contributed by atoms with E-state index in [0.29, 0.717) is 56.2 Å². The van der Waals surface area contributed by atoms with Gasteiger partial charge in [0.2, 0.25) is 11.6 Å². The third-order valence-corrected chi connectivity index (χ3v) is 11.1. The highest BCUT2D eigenvalue weighted by Gasteiger charge is 2.29. The normalized spacial score (nSPS) is 13.6. The number of rotatable bonds is 16. The molecule has 2 atom stereocenters. The number of carbonyl (C=O) groups is 3. The van der Waals surface area contributed by atoms with E-state index in [-0.39, 0.29) is 19.1 Å². The molecule has 0 saturated carbocycles. The zero-order valence-electron chi connectivity index (χ0n) is 34.0. The molecule has 59 heavy (non-hydrogen) atoms. The number of hydrogen-bond acceptors (Lipinski definition) is 12. The van der Waals surface area contributed by atoms with Crippen LogP contribution in [0.25, 0.3) is 26.5 Å². The van der Waals surface area contributed by atoms with Gasteiger partial charge in [-0.3, -0.25) is 4.79 Å². The van der Waals surface area contributed by atoms with Gasteiger partial charge in [0.25, 0.3) is 0 Å². The Labute approximate surface area is 358 Å². The molecular formula is C43H48ClN7O6S2. The first kappa shape index (κ1) is 44.7. The van der Waals surface area contributed by atoms with E-state index >= 15 is 0 Å². The zero-order chi connectivity index (χ0) is 42.7. The molecule has 4 aromatic rings. The Kier molecular flexibility index (Phi) is 15.6. The predicted octanol–water partition coefficient (Wildman–Crippen LogP) is 9.21. The molecule has 3 heterocycles. The van der Waals surface area contributed by atoms with Crippen LogP contribution in [0.4, 0.5) is 16.3 Å². The fourth-order valence-electron chi connectivity index (χ4n) is 6.18. The molecule has 2 aromatic carbocycles. The van der Waals surface area contributed by atoms with Crippen LogP contribution in [0.15, 0.2) is 58.9 Å². The number of nitrogens with zero attached hydrogens (tertiary/aromatic N) is 5. The van der Waals surface area contributed by atoms with Gasteiger partial charge in [-0.15, -0.1) is 11.3 Å². The van der Waals surface area contributed by atoms with Crippen molar-refractivity contribution in [2.75, 3.05) is 31.2 Å². The number of amides is 2. The number of nitrogens with one attached hydrogen (secondary N) is 2. The molecule has 0 spiro atoms. The van der Waals surface area contributed by atoms with Crippen LogP contribution in [0.3, 0.4) is 0 Å². The van der Waals surface area contributed by atoms with Crippen LogP contribution in [0.1, 0.15) is 72.1 Å². The zero-order valence-corrected chi connectivity index (χ0v) is 36.4. The molecule has 0 bridgehead atoms. The van der Waals surface area contributed by atoms with Crippen molar-refractivity contribution in [3.63, 3.8) is 0 Å². The lowest BCUT2D eigenvalue weighted by atomic mass is 9.99. The number of halogens is 1. The second-order valence-corrected chi connectivity index (χ2v) is 17.6. The van der Waals surface area contributed by atoms with E-state index < -0.39 is 35.7 Å². The Hall–Kier alpha value is -5.35. The number of hydrogen-bond donors (Lipinski definition) is 2. The van der Waals surface area contributed by atoms with Crippen molar-refractivity contribution in [3.8, 4) is 33.5 Å². The summed E-state index contributed by atoms with van der Waals surface area (Å²) in [5.41, 5.74) is 2.91. The fraction of sp³-hybridized carbons (Fsp3) is 0.419. The van der Waals surface area contributed by atoms with E-state index in [1.807, 2.05) is 43.5 Å². The Morgan fingerprint density at radius 1 is 1.02 bits per heavy atom. The third-order valence-electron chi connectivity index (χ3n) is 8.92. The van der Waals surface area contributed by atoms with Gasteiger partial charge in [-0.2, -0.15) is 5.26 Å². The van der Waals surface area contributed by atoms with Crippen molar-refractivity contribution in [1.82, 2.24) is 20.6 Å². The summed E-state index contributed by atoms with van der Waals surface area (Å²) in [6, 6.07) is 15.1. The molecule has 1 saturated heterocycles. The molecule has 310 valence electrons. The lowest BCUT2D eigenvalue weighted by molar-refractivity contribution is -0.149. The maximum atomic E-state index is 13.1. The smallest absolute Gasteiger partial charge is 0.408 e. The minimum atomic E-state index is -0.948. The first-order chi connectivity index (χ1) is 28.1. The molecule has 1 aliphatic heterocycles. The molecule has 0 radical (unpaired) electrons. The Morgan fingerprint density at radius 2 is 1.69 bits per heavy atom.